The monoisotopic (exact) mass is 463 g/mol. The second kappa shape index (κ2) is 7.79. The predicted molar refractivity (Wildman–Crippen MR) is 120 cm³/mol. The van der Waals surface area contributed by atoms with Gasteiger partial charge in [-0.05, 0) is 52.5 Å². The van der Waals surface area contributed by atoms with Gasteiger partial charge >= 0.3 is 5.63 Å². The van der Waals surface area contributed by atoms with E-state index in [2.05, 4.69) is 0 Å². The van der Waals surface area contributed by atoms with Gasteiger partial charge in [-0.1, -0.05) is 0 Å². The number of rotatable bonds is 4. The normalized spacial score (nSPS) is 21.1. The lowest BCUT2D eigenvalue weighted by Crippen LogP contribution is -2.40. The number of nitrogens with zero attached hydrogens (tertiary/aromatic N) is 1. The summed E-state index contributed by atoms with van der Waals surface area (Å²) in [6.45, 7) is 7.25. The second-order valence-corrected chi connectivity index (χ2v) is 11.6. The minimum atomic E-state index is -3.10. The van der Waals surface area contributed by atoms with Gasteiger partial charge in [-0.3, -0.25) is 4.79 Å². The maximum atomic E-state index is 12.7. The molecule has 1 saturated heterocycles. The molecule has 4 rings (SSSR count). The number of carbonyl (C=O) groups is 1. The smallest absolute Gasteiger partial charge is 0.339 e. The first-order valence-corrected chi connectivity index (χ1v) is 12.6. The van der Waals surface area contributed by atoms with E-state index in [9.17, 15) is 18.0 Å². The van der Waals surface area contributed by atoms with Crippen LogP contribution in [0.25, 0.3) is 11.0 Å². The number of hydrogen-bond acceptors (Lipinski definition) is 7. The number of carbonyl (C=O) groups excluding carboxylic acids is 1. The molecule has 1 aromatic carbocycles. The van der Waals surface area contributed by atoms with Gasteiger partial charge in [0.15, 0.2) is 16.4 Å². The van der Waals surface area contributed by atoms with Crippen molar-refractivity contribution in [3.8, 4) is 11.5 Å². The van der Waals surface area contributed by atoms with Crippen LogP contribution in [0.5, 0.6) is 11.5 Å². The molecule has 0 aliphatic carbocycles. The number of hydrogen-bond donors (Lipinski definition) is 0. The molecule has 0 bridgehead atoms. The van der Waals surface area contributed by atoms with Crippen LogP contribution >= 0.6 is 0 Å². The van der Waals surface area contributed by atoms with Crippen LogP contribution in [0.3, 0.4) is 0 Å². The highest BCUT2D eigenvalue weighted by Crippen LogP contribution is 2.43. The molecule has 1 atom stereocenters. The van der Waals surface area contributed by atoms with Gasteiger partial charge in [0, 0.05) is 30.3 Å². The molecule has 2 aliphatic heterocycles. The lowest BCUT2D eigenvalue weighted by atomic mass is 9.92. The Hall–Kier alpha value is -2.55. The van der Waals surface area contributed by atoms with Crippen LogP contribution in [0.15, 0.2) is 15.3 Å². The standard InChI is InChI=1S/C23H29NO7S/c1-13-14(2)22(26)30-21-16-6-8-23(3,4)31-17(16)10-18(20(13)21)29-11-19(25)24(5)15-7-9-32(27,28)12-15/h10,15H,6-9,11-12H2,1-5H3/t15-/m1/s1. The molecule has 174 valence electrons. The summed E-state index contributed by atoms with van der Waals surface area (Å²) in [5.41, 5.74) is 1.70. The van der Waals surface area contributed by atoms with E-state index in [0.717, 1.165) is 17.5 Å². The summed E-state index contributed by atoms with van der Waals surface area (Å²) in [6.07, 6.45) is 1.90. The summed E-state index contributed by atoms with van der Waals surface area (Å²) in [7, 11) is -1.50. The van der Waals surface area contributed by atoms with Crippen molar-refractivity contribution in [3.05, 3.63) is 33.2 Å². The summed E-state index contributed by atoms with van der Waals surface area (Å²) in [6, 6.07) is 1.42. The van der Waals surface area contributed by atoms with Crippen LogP contribution in [0.1, 0.15) is 43.4 Å². The van der Waals surface area contributed by atoms with Gasteiger partial charge in [0.2, 0.25) is 0 Å². The van der Waals surface area contributed by atoms with Gasteiger partial charge in [0.05, 0.1) is 16.9 Å². The molecular weight excluding hydrogens is 434 g/mol. The Morgan fingerprint density at radius 1 is 1.28 bits per heavy atom. The number of fused-ring (bicyclic) bond motifs is 3. The molecular formula is C23H29NO7S. The first-order chi connectivity index (χ1) is 14.9. The lowest BCUT2D eigenvalue weighted by Gasteiger charge is -2.33. The van der Waals surface area contributed by atoms with E-state index < -0.39 is 15.5 Å². The largest absolute Gasteiger partial charge is 0.487 e. The summed E-state index contributed by atoms with van der Waals surface area (Å²) in [5.74, 6) is 0.741. The summed E-state index contributed by atoms with van der Waals surface area (Å²) >= 11 is 0. The molecule has 1 fully saturated rings. The van der Waals surface area contributed by atoms with Gasteiger partial charge in [-0.2, -0.15) is 0 Å². The summed E-state index contributed by atoms with van der Waals surface area (Å²) < 4.78 is 41.3. The summed E-state index contributed by atoms with van der Waals surface area (Å²) in [5, 5.41) is 0.656. The van der Waals surface area contributed by atoms with Crippen molar-refractivity contribution in [1.29, 1.82) is 0 Å². The Bertz CT molecular complexity index is 1260. The van der Waals surface area contributed by atoms with Crippen molar-refractivity contribution in [2.75, 3.05) is 25.2 Å². The van der Waals surface area contributed by atoms with E-state index in [1.807, 2.05) is 20.8 Å². The Balaban J connectivity index is 1.68. The quantitative estimate of drug-likeness (QED) is 0.642. The van der Waals surface area contributed by atoms with Crippen LogP contribution in [0.4, 0.5) is 0 Å². The van der Waals surface area contributed by atoms with Crippen LogP contribution in [-0.4, -0.2) is 56.0 Å². The first kappa shape index (κ1) is 22.6. The lowest BCUT2D eigenvalue weighted by molar-refractivity contribution is -0.133. The fourth-order valence-electron chi connectivity index (χ4n) is 4.37. The minimum Gasteiger partial charge on any atom is -0.487 e. The molecule has 1 amide bonds. The zero-order valence-corrected chi connectivity index (χ0v) is 19.9. The number of benzene rings is 1. The first-order valence-electron chi connectivity index (χ1n) is 10.8. The molecule has 0 saturated carbocycles. The third-order valence-electron chi connectivity index (χ3n) is 6.61. The summed E-state index contributed by atoms with van der Waals surface area (Å²) in [4.78, 5) is 26.6. The topological polar surface area (TPSA) is 103 Å². The van der Waals surface area contributed by atoms with Gasteiger partial charge in [-0.25, -0.2) is 13.2 Å². The van der Waals surface area contributed by atoms with Gasteiger partial charge < -0.3 is 18.8 Å². The van der Waals surface area contributed by atoms with E-state index in [4.69, 9.17) is 13.9 Å². The fraction of sp³-hybridized carbons (Fsp3) is 0.565. The highest BCUT2D eigenvalue weighted by Gasteiger charge is 2.34. The van der Waals surface area contributed by atoms with E-state index in [0.29, 0.717) is 40.9 Å². The highest BCUT2D eigenvalue weighted by atomic mass is 32.2. The third-order valence-corrected chi connectivity index (χ3v) is 8.36. The zero-order valence-electron chi connectivity index (χ0n) is 19.1. The molecule has 0 N–H and O–H groups in total. The number of sulfone groups is 1. The molecule has 2 aliphatic rings. The Morgan fingerprint density at radius 2 is 2.00 bits per heavy atom. The number of aryl methyl sites for hydroxylation is 2. The van der Waals surface area contributed by atoms with Crippen molar-refractivity contribution in [2.24, 2.45) is 0 Å². The molecule has 0 radical (unpaired) electrons. The van der Waals surface area contributed by atoms with E-state index in [-0.39, 0.29) is 35.7 Å². The Labute approximate surface area is 187 Å². The molecule has 0 unspecified atom stereocenters. The highest BCUT2D eigenvalue weighted by molar-refractivity contribution is 7.91. The fourth-order valence-corrected chi connectivity index (χ4v) is 6.15. The molecule has 2 aromatic rings. The average molecular weight is 464 g/mol. The van der Waals surface area contributed by atoms with Crippen molar-refractivity contribution in [1.82, 2.24) is 4.90 Å². The number of ether oxygens (including phenoxy) is 2. The molecule has 9 heteroatoms. The third kappa shape index (κ3) is 4.10. The van der Waals surface area contributed by atoms with Gasteiger partial charge in [0.25, 0.3) is 5.91 Å². The molecule has 0 spiro atoms. The predicted octanol–water partition coefficient (Wildman–Crippen LogP) is 2.54. The van der Waals surface area contributed by atoms with E-state index in [1.165, 1.54) is 4.90 Å². The van der Waals surface area contributed by atoms with Crippen molar-refractivity contribution in [3.63, 3.8) is 0 Å². The van der Waals surface area contributed by atoms with Crippen LogP contribution in [0, 0.1) is 13.8 Å². The van der Waals surface area contributed by atoms with Gasteiger partial charge in [0.1, 0.15) is 22.7 Å². The number of likely N-dealkylation sites (N-methyl/N-ethyl adjacent to an activating group) is 1. The molecule has 8 nitrogen and oxygen atoms in total. The van der Waals surface area contributed by atoms with Crippen LogP contribution in [0.2, 0.25) is 0 Å². The van der Waals surface area contributed by atoms with Crippen molar-refractivity contribution >= 4 is 26.7 Å². The van der Waals surface area contributed by atoms with Crippen molar-refractivity contribution in [2.45, 2.75) is 58.6 Å². The molecule has 3 heterocycles. The minimum absolute atomic E-state index is 0.0244. The van der Waals surface area contributed by atoms with Crippen molar-refractivity contribution < 1.29 is 27.1 Å². The maximum Gasteiger partial charge on any atom is 0.339 e. The van der Waals surface area contributed by atoms with Crippen LogP contribution in [-0.2, 0) is 21.1 Å². The molecule has 1 aromatic heterocycles. The van der Waals surface area contributed by atoms with E-state index >= 15 is 0 Å². The van der Waals surface area contributed by atoms with E-state index in [1.54, 1.807) is 20.0 Å². The Kier molecular flexibility index (Phi) is 5.51. The maximum absolute atomic E-state index is 12.7. The second-order valence-electron chi connectivity index (χ2n) is 9.41. The van der Waals surface area contributed by atoms with Gasteiger partial charge in [-0.15, -0.1) is 0 Å². The zero-order chi connectivity index (χ0) is 23.4. The Morgan fingerprint density at radius 3 is 2.66 bits per heavy atom. The average Bonchev–Trinajstić information content (AvgIpc) is 3.08. The van der Waals surface area contributed by atoms with Crippen LogP contribution < -0.4 is 15.1 Å². The molecule has 32 heavy (non-hydrogen) atoms. The number of amides is 1. The SMILES string of the molecule is Cc1c(C)c2c(OCC(=O)N(C)[C@@H]3CCS(=O)(=O)C3)cc3c(c2oc1=O)CCC(C)(C)O3.